The number of rotatable bonds is 5. The van der Waals surface area contributed by atoms with Gasteiger partial charge in [0.1, 0.15) is 23.4 Å². The number of aliphatic hydroxyl groups excluding tert-OH is 1. The van der Waals surface area contributed by atoms with Crippen LogP contribution in [0.2, 0.25) is 0 Å². The zero-order chi connectivity index (χ0) is 22.4. The topological polar surface area (TPSA) is 82.1 Å². The molecule has 6 heteroatoms. The third-order valence-electron chi connectivity index (χ3n) is 6.93. The van der Waals surface area contributed by atoms with Crippen LogP contribution in [0, 0.1) is 5.92 Å². The molecule has 1 aromatic rings. The SMILES string of the molecule is CC1=C2C(OC(=O)/C=C/c3ccccc3)C3(C)CC(OC(=O)C(C)O)C(C)(O3)C2CC1. The largest absolute Gasteiger partial charge is 0.457 e. The number of benzene rings is 1. The molecule has 6 atom stereocenters. The van der Waals surface area contributed by atoms with Crippen molar-refractivity contribution in [3.8, 4) is 0 Å². The third-order valence-corrected chi connectivity index (χ3v) is 6.93. The van der Waals surface area contributed by atoms with E-state index >= 15 is 0 Å². The van der Waals surface area contributed by atoms with Crippen molar-refractivity contribution in [3.05, 3.63) is 53.1 Å². The Kier molecular flexibility index (Phi) is 5.56. The molecule has 0 saturated carbocycles. The molecular weight excluding hydrogens is 396 g/mol. The molecule has 4 rings (SSSR count). The van der Waals surface area contributed by atoms with Crippen molar-refractivity contribution < 1.29 is 28.9 Å². The summed E-state index contributed by atoms with van der Waals surface area (Å²) in [5, 5.41) is 9.62. The molecule has 2 bridgehead atoms. The van der Waals surface area contributed by atoms with Gasteiger partial charge in [-0.05, 0) is 57.7 Å². The molecule has 2 fully saturated rings. The van der Waals surface area contributed by atoms with Crippen LogP contribution in [0.3, 0.4) is 0 Å². The smallest absolute Gasteiger partial charge is 0.335 e. The predicted molar refractivity (Wildman–Crippen MR) is 115 cm³/mol. The second kappa shape index (κ2) is 7.92. The van der Waals surface area contributed by atoms with Gasteiger partial charge in [-0.3, -0.25) is 0 Å². The lowest BCUT2D eigenvalue weighted by Crippen LogP contribution is -2.55. The Hall–Kier alpha value is -2.44. The maximum Gasteiger partial charge on any atom is 0.335 e. The van der Waals surface area contributed by atoms with Gasteiger partial charge < -0.3 is 19.3 Å². The highest BCUT2D eigenvalue weighted by Gasteiger charge is 2.67. The number of carbonyl (C=O) groups is 2. The average Bonchev–Trinajstić information content (AvgIpc) is 3.21. The van der Waals surface area contributed by atoms with Gasteiger partial charge in [-0.15, -0.1) is 0 Å². The quantitative estimate of drug-likeness (QED) is 0.440. The number of carbonyl (C=O) groups excluding carboxylic acids is 2. The fourth-order valence-corrected chi connectivity index (χ4v) is 5.39. The summed E-state index contributed by atoms with van der Waals surface area (Å²) in [5.74, 6) is -1.10. The molecule has 2 saturated heterocycles. The summed E-state index contributed by atoms with van der Waals surface area (Å²) in [4.78, 5) is 24.9. The van der Waals surface area contributed by atoms with Gasteiger partial charge in [0, 0.05) is 18.4 Å². The van der Waals surface area contributed by atoms with E-state index < -0.39 is 41.5 Å². The molecule has 1 aliphatic carbocycles. The Morgan fingerprint density at radius 2 is 1.94 bits per heavy atom. The highest BCUT2D eigenvalue weighted by atomic mass is 16.6. The molecule has 2 heterocycles. The Bertz CT molecular complexity index is 933. The van der Waals surface area contributed by atoms with E-state index in [1.165, 1.54) is 18.6 Å². The molecule has 0 aromatic heterocycles. The minimum Gasteiger partial charge on any atom is -0.457 e. The minimum atomic E-state index is -1.20. The normalized spacial score (nSPS) is 35.2. The highest BCUT2D eigenvalue weighted by molar-refractivity contribution is 5.87. The molecule has 31 heavy (non-hydrogen) atoms. The van der Waals surface area contributed by atoms with E-state index in [1.54, 1.807) is 6.08 Å². The van der Waals surface area contributed by atoms with Gasteiger partial charge in [-0.1, -0.05) is 35.9 Å². The Labute approximate surface area is 182 Å². The van der Waals surface area contributed by atoms with E-state index in [0.29, 0.717) is 6.42 Å². The summed E-state index contributed by atoms with van der Waals surface area (Å²) in [5.41, 5.74) is 1.69. The zero-order valence-electron chi connectivity index (χ0n) is 18.5. The van der Waals surface area contributed by atoms with Crippen LogP contribution in [0.4, 0.5) is 0 Å². The molecular formula is C25H30O6. The van der Waals surface area contributed by atoms with Crippen LogP contribution in [-0.2, 0) is 23.8 Å². The van der Waals surface area contributed by atoms with Gasteiger partial charge >= 0.3 is 11.9 Å². The average molecular weight is 427 g/mol. The molecule has 6 nitrogen and oxygen atoms in total. The second-order valence-electron chi connectivity index (χ2n) is 9.29. The fourth-order valence-electron chi connectivity index (χ4n) is 5.39. The Morgan fingerprint density at radius 3 is 2.61 bits per heavy atom. The molecule has 3 aliphatic rings. The first-order chi connectivity index (χ1) is 14.6. The van der Waals surface area contributed by atoms with Crippen LogP contribution in [0.1, 0.15) is 52.5 Å². The van der Waals surface area contributed by atoms with Crippen LogP contribution in [-0.4, -0.2) is 46.6 Å². The summed E-state index contributed by atoms with van der Waals surface area (Å²) in [7, 11) is 0. The molecule has 166 valence electrons. The van der Waals surface area contributed by atoms with Crippen LogP contribution >= 0.6 is 0 Å². The van der Waals surface area contributed by atoms with Crippen LogP contribution in [0.25, 0.3) is 6.08 Å². The Morgan fingerprint density at radius 1 is 1.23 bits per heavy atom. The summed E-state index contributed by atoms with van der Waals surface area (Å²) >= 11 is 0. The summed E-state index contributed by atoms with van der Waals surface area (Å²) in [6.07, 6.45) is 3.04. The summed E-state index contributed by atoms with van der Waals surface area (Å²) < 4.78 is 18.2. The first kappa shape index (κ1) is 21.8. The number of hydrogen-bond donors (Lipinski definition) is 1. The van der Waals surface area contributed by atoms with E-state index in [-0.39, 0.29) is 5.92 Å². The number of hydrogen-bond acceptors (Lipinski definition) is 6. The zero-order valence-corrected chi connectivity index (χ0v) is 18.5. The molecule has 1 aromatic carbocycles. The van der Waals surface area contributed by atoms with Crippen LogP contribution in [0.5, 0.6) is 0 Å². The summed E-state index contributed by atoms with van der Waals surface area (Å²) in [6.45, 7) is 7.34. The number of allylic oxidation sites excluding steroid dienone is 1. The number of ether oxygens (including phenoxy) is 3. The molecule has 0 radical (unpaired) electrons. The van der Waals surface area contributed by atoms with Gasteiger partial charge in [0.15, 0.2) is 6.10 Å². The molecule has 1 N–H and O–H groups in total. The van der Waals surface area contributed by atoms with Crippen molar-refractivity contribution in [2.24, 2.45) is 5.92 Å². The number of esters is 2. The lowest BCUT2D eigenvalue weighted by molar-refractivity contribution is -0.206. The fraction of sp³-hybridized carbons (Fsp3) is 0.520. The maximum absolute atomic E-state index is 12.7. The number of aliphatic hydroxyl groups is 1. The first-order valence-corrected chi connectivity index (χ1v) is 10.9. The van der Waals surface area contributed by atoms with Crippen molar-refractivity contribution in [3.63, 3.8) is 0 Å². The Balaban J connectivity index is 1.60. The summed E-state index contributed by atoms with van der Waals surface area (Å²) in [6, 6.07) is 9.57. The lowest BCUT2D eigenvalue weighted by atomic mass is 9.77. The van der Waals surface area contributed by atoms with Gasteiger partial charge in [-0.2, -0.15) is 0 Å². The van der Waals surface area contributed by atoms with Crippen molar-refractivity contribution in [2.75, 3.05) is 0 Å². The van der Waals surface area contributed by atoms with Gasteiger partial charge in [0.2, 0.25) is 0 Å². The van der Waals surface area contributed by atoms with E-state index in [4.69, 9.17) is 14.2 Å². The monoisotopic (exact) mass is 426 g/mol. The van der Waals surface area contributed by atoms with Crippen molar-refractivity contribution >= 4 is 18.0 Å². The predicted octanol–water partition coefficient (Wildman–Crippen LogP) is 3.58. The number of fused-ring (bicyclic) bond motifs is 4. The maximum atomic E-state index is 12.7. The molecule has 2 aliphatic heterocycles. The third kappa shape index (κ3) is 3.83. The second-order valence-corrected chi connectivity index (χ2v) is 9.29. The first-order valence-electron chi connectivity index (χ1n) is 10.9. The van der Waals surface area contributed by atoms with Gasteiger partial charge in [-0.25, -0.2) is 9.59 Å². The van der Waals surface area contributed by atoms with E-state index in [1.807, 2.05) is 44.2 Å². The minimum absolute atomic E-state index is 0.00854. The van der Waals surface area contributed by atoms with E-state index in [9.17, 15) is 14.7 Å². The lowest BCUT2D eigenvalue weighted by Gasteiger charge is -2.47. The molecule has 0 amide bonds. The van der Waals surface area contributed by atoms with Gasteiger partial charge in [0.05, 0.1) is 0 Å². The van der Waals surface area contributed by atoms with E-state index in [0.717, 1.165) is 24.0 Å². The van der Waals surface area contributed by atoms with E-state index in [2.05, 4.69) is 6.92 Å². The van der Waals surface area contributed by atoms with Crippen molar-refractivity contribution in [1.29, 1.82) is 0 Å². The standard InChI is InChI=1S/C25H30O6/c1-15-10-12-18-21(15)22(30-20(27)13-11-17-8-6-5-7-9-17)24(3)14-19(25(18,4)31-24)29-23(28)16(2)26/h5-9,11,13,16,18-19,22,26H,10,12,14H2,1-4H3/b13-11+. The van der Waals surface area contributed by atoms with Crippen LogP contribution in [0.15, 0.2) is 47.6 Å². The molecule has 6 unspecified atom stereocenters. The molecule has 0 spiro atoms. The van der Waals surface area contributed by atoms with Crippen LogP contribution < -0.4 is 0 Å². The van der Waals surface area contributed by atoms with Gasteiger partial charge in [0.25, 0.3) is 0 Å². The highest BCUT2D eigenvalue weighted by Crippen LogP contribution is 2.59. The van der Waals surface area contributed by atoms with Crippen molar-refractivity contribution in [2.45, 2.75) is 76.5 Å². The van der Waals surface area contributed by atoms with Crippen molar-refractivity contribution in [1.82, 2.24) is 0 Å².